The van der Waals surface area contributed by atoms with Crippen molar-refractivity contribution in [3.63, 3.8) is 0 Å². The van der Waals surface area contributed by atoms with Crippen LogP contribution in [0.5, 0.6) is 0 Å². The van der Waals surface area contributed by atoms with Gasteiger partial charge in [-0.05, 0) is 73.5 Å². The van der Waals surface area contributed by atoms with Crippen molar-refractivity contribution in [3.05, 3.63) is 0 Å². The van der Waals surface area contributed by atoms with Gasteiger partial charge < -0.3 is 9.47 Å². The predicted molar refractivity (Wildman–Crippen MR) is 109 cm³/mol. The molecule has 0 N–H and O–H groups in total. The average molecular weight is 375 g/mol. The number of hydrogen-bond donors (Lipinski definition) is 0. The zero-order chi connectivity index (χ0) is 19.1. The van der Waals surface area contributed by atoms with Gasteiger partial charge in [-0.15, -0.1) is 0 Å². The molecule has 1 saturated heterocycles. The Morgan fingerprint density at radius 1 is 0.704 bits per heavy atom. The molecule has 1 spiro atoms. The molecule has 0 amide bonds. The second-order valence-electron chi connectivity index (χ2n) is 12.4. The summed E-state index contributed by atoms with van der Waals surface area (Å²) in [5.74, 6) is 4.32. The van der Waals surface area contributed by atoms with E-state index in [0.29, 0.717) is 5.41 Å². The number of rotatable bonds is 0. The predicted octanol–water partition coefficient (Wildman–Crippen LogP) is 6.43. The zero-order valence-electron chi connectivity index (χ0n) is 18.5. The maximum Gasteiger partial charge on any atom is 0.173 e. The van der Waals surface area contributed by atoms with Gasteiger partial charge in [0.15, 0.2) is 5.79 Å². The van der Waals surface area contributed by atoms with Crippen molar-refractivity contribution in [1.82, 2.24) is 0 Å². The van der Waals surface area contributed by atoms with Gasteiger partial charge in [-0.25, -0.2) is 0 Å². The van der Waals surface area contributed by atoms with Crippen molar-refractivity contribution < 1.29 is 9.47 Å². The summed E-state index contributed by atoms with van der Waals surface area (Å²) in [6.45, 7) is 14.0. The summed E-state index contributed by atoms with van der Waals surface area (Å²) in [5, 5.41) is 0. The van der Waals surface area contributed by atoms with Gasteiger partial charge in [-0.3, -0.25) is 0 Å². The van der Waals surface area contributed by atoms with E-state index in [0.717, 1.165) is 49.2 Å². The molecule has 2 nitrogen and oxygen atoms in total. The molecule has 154 valence electrons. The summed E-state index contributed by atoms with van der Waals surface area (Å²) in [4.78, 5) is 0. The molecule has 5 aliphatic rings. The topological polar surface area (TPSA) is 18.5 Å². The summed E-state index contributed by atoms with van der Waals surface area (Å²) in [7, 11) is 0. The first-order valence-electron chi connectivity index (χ1n) is 12.0. The Balaban J connectivity index is 1.42. The lowest BCUT2D eigenvalue weighted by Crippen LogP contribution is -2.60. The fourth-order valence-electron chi connectivity index (χ4n) is 8.93. The van der Waals surface area contributed by atoms with Gasteiger partial charge in [0.25, 0.3) is 0 Å². The molecule has 0 bridgehead atoms. The van der Waals surface area contributed by atoms with E-state index in [1.54, 1.807) is 0 Å². The highest BCUT2D eigenvalue weighted by atomic mass is 16.7. The molecule has 1 heterocycles. The second kappa shape index (κ2) is 5.97. The average Bonchev–Trinajstić information content (AvgIpc) is 2.90. The Hall–Kier alpha value is -0.0800. The third-order valence-electron chi connectivity index (χ3n) is 10.4. The van der Waals surface area contributed by atoms with Crippen LogP contribution < -0.4 is 0 Å². The van der Waals surface area contributed by atoms with Crippen LogP contribution >= 0.6 is 0 Å². The van der Waals surface area contributed by atoms with Gasteiger partial charge in [-0.1, -0.05) is 47.5 Å². The highest BCUT2D eigenvalue weighted by Gasteiger charge is 2.67. The maximum atomic E-state index is 6.62. The quantitative estimate of drug-likeness (QED) is 0.486. The van der Waals surface area contributed by atoms with E-state index in [9.17, 15) is 0 Å². The monoisotopic (exact) mass is 374 g/mol. The standard InChI is InChI=1S/C25H42O2/c1-17-7-6-12-23(4)19(17)9-8-18-20(23)10-13-24(5)21(18)11-14-25(24)26-15-22(2,3)16-27-25/h17-21H,6-16H2,1-5H3. The van der Waals surface area contributed by atoms with Crippen LogP contribution in [0.15, 0.2) is 0 Å². The third kappa shape index (κ3) is 2.51. The lowest BCUT2D eigenvalue weighted by molar-refractivity contribution is -0.348. The molecule has 4 aliphatic carbocycles. The first kappa shape index (κ1) is 18.9. The van der Waals surface area contributed by atoms with Crippen LogP contribution in [0.4, 0.5) is 0 Å². The van der Waals surface area contributed by atoms with E-state index in [4.69, 9.17) is 9.47 Å². The number of fused-ring (bicyclic) bond motifs is 6. The minimum atomic E-state index is -0.282. The van der Waals surface area contributed by atoms with Gasteiger partial charge >= 0.3 is 0 Å². The molecule has 0 aromatic carbocycles. The van der Waals surface area contributed by atoms with Gasteiger partial charge in [0.1, 0.15) is 0 Å². The van der Waals surface area contributed by atoms with Crippen LogP contribution in [0, 0.1) is 45.8 Å². The molecule has 5 fully saturated rings. The zero-order valence-corrected chi connectivity index (χ0v) is 18.5. The summed E-state index contributed by atoms with van der Waals surface area (Å²) >= 11 is 0. The SMILES string of the molecule is CC1CCCC2(C)C1CCC1C2CCC2(C)C1CCC21OCC(C)(C)CO1. The molecule has 0 aromatic rings. The molecule has 7 unspecified atom stereocenters. The normalized spacial score (nSPS) is 53.4. The first-order valence-corrected chi connectivity index (χ1v) is 12.0. The maximum absolute atomic E-state index is 6.62. The van der Waals surface area contributed by atoms with Gasteiger partial charge in [0.05, 0.1) is 13.2 Å². The summed E-state index contributed by atoms with van der Waals surface area (Å²) < 4.78 is 13.2. The van der Waals surface area contributed by atoms with Crippen molar-refractivity contribution in [2.24, 2.45) is 45.8 Å². The van der Waals surface area contributed by atoms with Crippen LogP contribution in [0.2, 0.25) is 0 Å². The largest absolute Gasteiger partial charge is 0.349 e. The summed E-state index contributed by atoms with van der Waals surface area (Å²) in [6.07, 6.45) is 12.6. The first-order chi connectivity index (χ1) is 12.7. The van der Waals surface area contributed by atoms with Crippen LogP contribution in [0.3, 0.4) is 0 Å². The number of hydrogen-bond acceptors (Lipinski definition) is 2. The molecule has 5 rings (SSSR count). The smallest absolute Gasteiger partial charge is 0.173 e. The highest BCUT2D eigenvalue weighted by Crippen LogP contribution is 2.70. The lowest BCUT2D eigenvalue weighted by atomic mass is 9.44. The van der Waals surface area contributed by atoms with Crippen LogP contribution in [0.25, 0.3) is 0 Å². The molecule has 4 saturated carbocycles. The molecular formula is C25H42O2. The van der Waals surface area contributed by atoms with Gasteiger partial charge in [-0.2, -0.15) is 0 Å². The Morgan fingerprint density at radius 3 is 2.15 bits per heavy atom. The van der Waals surface area contributed by atoms with E-state index >= 15 is 0 Å². The van der Waals surface area contributed by atoms with Crippen molar-refractivity contribution in [2.45, 2.75) is 98.2 Å². The van der Waals surface area contributed by atoms with E-state index in [1.165, 1.54) is 51.4 Å². The molecule has 7 atom stereocenters. The number of ether oxygens (including phenoxy) is 2. The van der Waals surface area contributed by atoms with E-state index in [-0.39, 0.29) is 16.6 Å². The van der Waals surface area contributed by atoms with E-state index in [2.05, 4.69) is 34.6 Å². The summed E-state index contributed by atoms with van der Waals surface area (Å²) in [6, 6.07) is 0. The Labute approximate surface area is 167 Å². The molecular weight excluding hydrogens is 332 g/mol. The van der Waals surface area contributed by atoms with Crippen molar-refractivity contribution >= 4 is 0 Å². The second-order valence-corrected chi connectivity index (χ2v) is 12.4. The van der Waals surface area contributed by atoms with Gasteiger partial charge in [0, 0.05) is 17.3 Å². The van der Waals surface area contributed by atoms with Crippen LogP contribution in [-0.2, 0) is 9.47 Å². The Morgan fingerprint density at radius 2 is 1.41 bits per heavy atom. The molecule has 0 aromatic heterocycles. The Kier molecular flexibility index (Phi) is 4.18. The van der Waals surface area contributed by atoms with E-state index < -0.39 is 0 Å². The minimum Gasteiger partial charge on any atom is -0.349 e. The minimum absolute atomic E-state index is 0.167. The third-order valence-corrected chi connectivity index (χ3v) is 10.4. The molecule has 2 heteroatoms. The van der Waals surface area contributed by atoms with Crippen molar-refractivity contribution in [2.75, 3.05) is 13.2 Å². The highest BCUT2D eigenvalue weighted by molar-refractivity contribution is 5.13. The van der Waals surface area contributed by atoms with Crippen LogP contribution in [-0.4, -0.2) is 19.0 Å². The lowest BCUT2D eigenvalue weighted by Gasteiger charge is -2.63. The Bertz CT molecular complexity index is 587. The molecule has 1 aliphatic heterocycles. The van der Waals surface area contributed by atoms with Gasteiger partial charge in [0.2, 0.25) is 0 Å². The summed E-state index contributed by atoms with van der Waals surface area (Å²) in [5.41, 5.74) is 1.00. The fraction of sp³-hybridized carbons (Fsp3) is 1.00. The molecule has 27 heavy (non-hydrogen) atoms. The van der Waals surface area contributed by atoms with Crippen LogP contribution in [0.1, 0.15) is 92.4 Å². The van der Waals surface area contributed by atoms with Crippen molar-refractivity contribution in [3.8, 4) is 0 Å². The van der Waals surface area contributed by atoms with Crippen molar-refractivity contribution in [1.29, 1.82) is 0 Å². The fourth-order valence-corrected chi connectivity index (χ4v) is 8.93. The van der Waals surface area contributed by atoms with E-state index in [1.807, 2.05) is 0 Å². The molecule has 0 radical (unpaired) electrons.